The van der Waals surface area contributed by atoms with Gasteiger partial charge in [-0.1, -0.05) is 18.1 Å². The molecule has 24 heavy (non-hydrogen) atoms. The topological polar surface area (TPSA) is 58.1 Å². The van der Waals surface area contributed by atoms with Crippen LogP contribution >= 0.6 is 0 Å². The van der Waals surface area contributed by atoms with Crippen molar-refractivity contribution in [2.45, 2.75) is 6.04 Å². The van der Waals surface area contributed by atoms with Crippen LogP contribution in [0.2, 0.25) is 0 Å². The molecule has 0 saturated carbocycles. The molecule has 1 aliphatic rings. The van der Waals surface area contributed by atoms with Crippen LogP contribution in [-0.4, -0.2) is 64.4 Å². The summed E-state index contributed by atoms with van der Waals surface area (Å²) >= 11 is 0. The van der Waals surface area contributed by atoms with E-state index < -0.39 is 0 Å². The number of ether oxygens (including phenoxy) is 2. The van der Waals surface area contributed by atoms with Gasteiger partial charge in [0.1, 0.15) is 5.75 Å². The fraction of sp³-hybridized carbons (Fsp3) is 0.500. The summed E-state index contributed by atoms with van der Waals surface area (Å²) in [5.74, 6) is 4.12. The Hall–Kier alpha value is -2.23. The van der Waals surface area contributed by atoms with Gasteiger partial charge in [0.05, 0.1) is 32.9 Å². The van der Waals surface area contributed by atoms with Crippen LogP contribution in [-0.2, 0) is 4.74 Å². The molecular weight excluding hydrogens is 304 g/mol. The quantitative estimate of drug-likeness (QED) is 0.460. The Kier molecular flexibility index (Phi) is 7.40. The zero-order valence-electron chi connectivity index (χ0n) is 14.4. The molecule has 1 aromatic rings. The van der Waals surface area contributed by atoms with Gasteiger partial charge in [-0.25, -0.2) is 0 Å². The van der Waals surface area contributed by atoms with E-state index >= 15 is 0 Å². The molecule has 0 radical (unpaired) electrons. The van der Waals surface area contributed by atoms with E-state index in [1.165, 1.54) is 5.56 Å². The van der Waals surface area contributed by atoms with Crippen LogP contribution in [0.1, 0.15) is 11.6 Å². The number of nitrogens with zero attached hydrogens (tertiary/aromatic N) is 2. The predicted molar refractivity (Wildman–Crippen MR) is 96.3 cm³/mol. The summed E-state index contributed by atoms with van der Waals surface area (Å²) in [5.41, 5.74) is 1.23. The second-order valence-electron chi connectivity index (χ2n) is 5.45. The molecule has 1 saturated heterocycles. The van der Waals surface area contributed by atoms with Gasteiger partial charge in [-0.05, 0) is 17.7 Å². The highest BCUT2D eigenvalue weighted by atomic mass is 16.5. The van der Waals surface area contributed by atoms with Crippen molar-refractivity contribution >= 4 is 5.96 Å². The number of benzene rings is 1. The van der Waals surface area contributed by atoms with Gasteiger partial charge in [0, 0.05) is 26.7 Å². The summed E-state index contributed by atoms with van der Waals surface area (Å²) in [5, 5.41) is 6.44. The highest BCUT2D eigenvalue weighted by Gasteiger charge is 2.22. The number of nitrogens with one attached hydrogen (secondary N) is 2. The van der Waals surface area contributed by atoms with Gasteiger partial charge < -0.3 is 20.1 Å². The summed E-state index contributed by atoms with van der Waals surface area (Å²) in [6, 6.07) is 8.43. The largest absolute Gasteiger partial charge is 0.497 e. The zero-order chi connectivity index (χ0) is 17.2. The Balaban J connectivity index is 2.08. The van der Waals surface area contributed by atoms with Crippen LogP contribution in [0, 0.1) is 12.3 Å². The second-order valence-corrected chi connectivity index (χ2v) is 5.45. The molecule has 2 rings (SSSR count). The van der Waals surface area contributed by atoms with Gasteiger partial charge in [-0.15, -0.1) is 6.42 Å². The molecule has 2 N–H and O–H groups in total. The van der Waals surface area contributed by atoms with Crippen molar-refractivity contribution in [1.82, 2.24) is 15.5 Å². The number of hydrogen-bond acceptors (Lipinski definition) is 4. The van der Waals surface area contributed by atoms with Gasteiger partial charge in [-0.3, -0.25) is 9.89 Å². The first-order valence-electron chi connectivity index (χ1n) is 8.12. The minimum absolute atomic E-state index is 0.226. The number of morpholine rings is 1. The summed E-state index contributed by atoms with van der Waals surface area (Å²) in [4.78, 5) is 6.62. The molecule has 130 valence electrons. The number of terminal acetylenes is 1. The maximum Gasteiger partial charge on any atom is 0.191 e. The Bertz CT molecular complexity index is 559. The molecule has 0 aromatic heterocycles. The summed E-state index contributed by atoms with van der Waals surface area (Å²) in [6.45, 7) is 4.53. The van der Waals surface area contributed by atoms with Crippen molar-refractivity contribution in [3.8, 4) is 18.1 Å². The standard InChI is InChI=1S/C18H26N4O2/c1-4-9-20-18(19-2)21-14-17(22-10-12-24-13-11-22)15-5-7-16(23-3)8-6-15/h1,5-8,17H,9-14H2,2-3H3,(H2,19,20,21). The van der Waals surface area contributed by atoms with Crippen molar-refractivity contribution in [1.29, 1.82) is 0 Å². The predicted octanol–water partition coefficient (Wildman–Crippen LogP) is 0.867. The lowest BCUT2D eigenvalue weighted by molar-refractivity contribution is 0.0170. The average molecular weight is 330 g/mol. The molecule has 0 amide bonds. The van der Waals surface area contributed by atoms with E-state index in [-0.39, 0.29) is 6.04 Å². The van der Waals surface area contributed by atoms with E-state index in [0.717, 1.165) is 38.6 Å². The summed E-state index contributed by atoms with van der Waals surface area (Å²) in [6.07, 6.45) is 5.29. The first kappa shape index (κ1) is 18.1. The number of methoxy groups -OCH3 is 1. The third-order valence-electron chi connectivity index (χ3n) is 4.03. The fourth-order valence-electron chi connectivity index (χ4n) is 2.72. The van der Waals surface area contributed by atoms with Crippen molar-refractivity contribution in [3.05, 3.63) is 29.8 Å². The number of aliphatic imine (C=N–C) groups is 1. The van der Waals surface area contributed by atoms with Gasteiger partial charge in [0.15, 0.2) is 5.96 Å². The minimum atomic E-state index is 0.226. The highest BCUT2D eigenvalue weighted by molar-refractivity contribution is 5.79. The molecule has 0 spiro atoms. The first-order valence-corrected chi connectivity index (χ1v) is 8.12. The molecule has 1 atom stereocenters. The third-order valence-corrected chi connectivity index (χ3v) is 4.03. The third kappa shape index (κ3) is 5.15. The van der Waals surface area contributed by atoms with Gasteiger partial charge in [-0.2, -0.15) is 0 Å². The Morgan fingerprint density at radius 2 is 2.04 bits per heavy atom. The Morgan fingerprint density at radius 1 is 1.33 bits per heavy atom. The fourth-order valence-corrected chi connectivity index (χ4v) is 2.72. The van der Waals surface area contributed by atoms with Crippen molar-refractivity contribution in [3.63, 3.8) is 0 Å². The lowest BCUT2D eigenvalue weighted by atomic mass is 10.0. The molecular formula is C18H26N4O2. The smallest absolute Gasteiger partial charge is 0.191 e. The van der Waals surface area contributed by atoms with E-state index in [4.69, 9.17) is 15.9 Å². The molecule has 0 aliphatic carbocycles. The summed E-state index contributed by atoms with van der Waals surface area (Å²) in [7, 11) is 3.42. The van der Waals surface area contributed by atoms with E-state index in [0.29, 0.717) is 12.5 Å². The first-order chi connectivity index (χ1) is 11.8. The Morgan fingerprint density at radius 3 is 2.62 bits per heavy atom. The Labute approximate surface area is 144 Å². The molecule has 6 heteroatoms. The van der Waals surface area contributed by atoms with Gasteiger partial charge >= 0.3 is 0 Å². The molecule has 1 heterocycles. The molecule has 1 aromatic carbocycles. The maximum atomic E-state index is 5.48. The monoisotopic (exact) mass is 330 g/mol. The van der Waals surface area contributed by atoms with Crippen LogP contribution in [0.4, 0.5) is 0 Å². The van der Waals surface area contributed by atoms with Crippen LogP contribution in [0.15, 0.2) is 29.3 Å². The SMILES string of the molecule is C#CCNC(=NC)NCC(c1ccc(OC)cc1)N1CCOCC1. The second kappa shape index (κ2) is 9.81. The van der Waals surface area contributed by atoms with Gasteiger partial charge in [0.2, 0.25) is 0 Å². The highest BCUT2D eigenvalue weighted by Crippen LogP contribution is 2.23. The van der Waals surface area contributed by atoms with Crippen molar-refractivity contribution in [2.75, 3.05) is 53.6 Å². The zero-order valence-corrected chi connectivity index (χ0v) is 14.4. The normalized spacial score (nSPS) is 17.0. The number of rotatable bonds is 6. The van der Waals surface area contributed by atoms with E-state index in [1.807, 2.05) is 12.1 Å². The lowest BCUT2D eigenvalue weighted by Crippen LogP contribution is -2.46. The molecule has 1 unspecified atom stereocenters. The van der Waals surface area contributed by atoms with E-state index in [2.05, 4.69) is 38.6 Å². The molecule has 6 nitrogen and oxygen atoms in total. The van der Waals surface area contributed by atoms with Crippen LogP contribution < -0.4 is 15.4 Å². The van der Waals surface area contributed by atoms with E-state index in [9.17, 15) is 0 Å². The van der Waals surface area contributed by atoms with Crippen LogP contribution in [0.3, 0.4) is 0 Å². The van der Waals surface area contributed by atoms with Crippen LogP contribution in [0.25, 0.3) is 0 Å². The van der Waals surface area contributed by atoms with E-state index in [1.54, 1.807) is 14.2 Å². The molecule has 1 aliphatic heterocycles. The maximum absolute atomic E-state index is 5.48. The van der Waals surface area contributed by atoms with Crippen molar-refractivity contribution < 1.29 is 9.47 Å². The average Bonchev–Trinajstić information content (AvgIpc) is 2.65. The van der Waals surface area contributed by atoms with Crippen molar-refractivity contribution in [2.24, 2.45) is 4.99 Å². The minimum Gasteiger partial charge on any atom is -0.497 e. The summed E-state index contributed by atoms with van der Waals surface area (Å²) < 4.78 is 10.7. The van der Waals surface area contributed by atoms with Crippen LogP contribution in [0.5, 0.6) is 5.75 Å². The molecule has 1 fully saturated rings. The number of hydrogen-bond donors (Lipinski definition) is 2. The molecule has 0 bridgehead atoms. The van der Waals surface area contributed by atoms with Gasteiger partial charge in [0.25, 0.3) is 0 Å². The lowest BCUT2D eigenvalue weighted by Gasteiger charge is -2.35. The number of guanidine groups is 1.